The Hall–Kier alpha value is -1.45. The highest BCUT2D eigenvalue weighted by Gasteiger charge is 2.43. The van der Waals surface area contributed by atoms with Crippen LogP contribution in [-0.2, 0) is 4.84 Å². The zero-order valence-electron chi connectivity index (χ0n) is 15.5. The van der Waals surface area contributed by atoms with Crippen molar-refractivity contribution in [1.82, 2.24) is 5.06 Å². The van der Waals surface area contributed by atoms with Crippen LogP contribution in [0.5, 0.6) is 0 Å². The van der Waals surface area contributed by atoms with Crippen LogP contribution < -0.4 is 0 Å². The van der Waals surface area contributed by atoms with Crippen LogP contribution in [0.1, 0.15) is 70.2 Å². The highest BCUT2D eigenvalue weighted by atomic mass is 16.7. The second-order valence-electron chi connectivity index (χ2n) is 7.98. The molecule has 0 N–H and O–H groups in total. The fourth-order valence-electron chi connectivity index (χ4n) is 3.65. The van der Waals surface area contributed by atoms with E-state index in [9.17, 15) is 4.79 Å². The molecule has 1 aliphatic rings. The maximum absolute atomic E-state index is 12.3. The molecule has 0 aromatic heterocycles. The highest BCUT2D eigenvalue weighted by molar-refractivity contribution is 5.95. The van der Waals surface area contributed by atoms with Crippen molar-refractivity contribution in [3.05, 3.63) is 48.6 Å². The summed E-state index contributed by atoms with van der Waals surface area (Å²) in [6.45, 7) is 12.8. The number of ketones is 1. The number of hydroxylamine groups is 2. The van der Waals surface area contributed by atoms with Gasteiger partial charge in [0.1, 0.15) is 0 Å². The summed E-state index contributed by atoms with van der Waals surface area (Å²) in [5.41, 5.74) is 0.748. The molecule has 1 aromatic carbocycles. The molecule has 0 radical (unpaired) electrons. The van der Waals surface area contributed by atoms with Crippen LogP contribution in [0, 0.1) is 0 Å². The van der Waals surface area contributed by atoms with E-state index in [4.69, 9.17) is 4.84 Å². The van der Waals surface area contributed by atoms with Gasteiger partial charge in [0.25, 0.3) is 0 Å². The summed E-state index contributed by atoms with van der Waals surface area (Å²) in [6, 6.07) is 9.44. The van der Waals surface area contributed by atoms with Gasteiger partial charge in [-0.2, -0.15) is 5.06 Å². The Balaban J connectivity index is 1.98. The molecule has 1 aliphatic heterocycles. The Labute approximate surface area is 146 Å². The summed E-state index contributed by atoms with van der Waals surface area (Å²) in [5, 5.41) is 2.14. The molecule has 3 heteroatoms. The molecule has 0 aliphatic carbocycles. The first kappa shape index (κ1) is 18.9. The van der Waals surface area contributed by atoms with Gasteiger partial charge < -0.3 is 0 Å². The Morgan fingerprint density at radius 1 is 1.21 bits per heavy atom. The minimum atomic E-state index is -0.144. The molecule has 1 heterocycles. The van der Waals surface area contributed by atoms with Crippen LogP contribution in [0.2, 0.25) is 0 Å². The summed E-state index contributed by atoms with van der Waals surface area (Å²) in [7, 11) is 0. The average molecular weight is 329 g/mol. The molecule has 0 spiro atoms. The highest BCUT2D eigenvalue weighted by Crippen LogP contribution is 2.39. The third-order valence-electron chi connectivity index (χ3n) is 4.93. The fraction of sp³-hybridized carbons (Fsp3) is 0.571. The number of nitrogens with zero attached hydrogens (tertiary/aromatic N) is 1. The largest absolute Gasteiger partial charge is 0.294 e. The van der Waals surface area contributed by atoms with Crippen molar-refractivity contribution in [3.63, 3.8) is 0 Å². The van der Waals surface area contributed by atoms with E-state index in [2.05, 4.69) is 39.3 Å². The number of Topliss-reactive ketones (excluding diaryl/α,β-unsaturated/α-hetero) is 1. The number of carbonyl (C=O) groups excluding carboxylic acids is 1. The van der Waals surface area contributed by atoms with Crippen molar-refractivity contribution < 1.29 is 9.63 Å². The van der Waals surface area contributed by atoms with Crippen LogP contribution in [0.4, 0.5) is 0 Å². The molecule has 0 bridgehead atoms. The van der Waals surface area contributed by atoms with Crippen LogP contribution in [0.15, 0.2) is 43.0 Å². The molecule has 132 valence electrons. The minimum absolute atomic E-state index is 0.00749. The number of hydrogen-bond donors (Lipinski definition) is 0. The summed E-state index contributed by atoms with van der Waals surface area (Å²) < 4.78 is 0. The van der Waals surface area contributed by atoms with Crippen molar-refractivity contribution >= 4 is 5.78 Å². The quantitative estimate of drug-likeness (QED) is 0.510. The first-order valence-corrected chi connectivity index (χ1v) is 8.94. The van der Waals surface area contributed by atoms with Crippen molar-refractivity contribution in [1.29, 1.82) is 0 Å². The second kappa shape index (κ2) is 7.62. The van der Waals surface area contributed by atoms with Crippen molar-refractivity contribution in [3.8, 4) is 0 Å². The molecule has 1 aromatic rings. The maximum Gasteiger partial charge on any atom is 0.162 e. The monoisotopic (exact) mass is 329 g/mol. The standard InChI is InChI=1S/C21H31NO2/c1-6-18(13-14-19(23)17-11-8-7-9-12-17)24-22-20(2,3)15-10-16-21(22,4)5/h6-9,11-12,18H,1,10,13-16H2,2-5H3. The Morgan fingerprint density at radius 3 is 2.33 bits per heavy atom. The van der Waals surface area contributed by atoms with Gasteiger partial charge in [0.15, 0.2) is 5.78 Å². The van der Waals surface area contributed by atoms with Crippen molar-refractivity contribution in [2.75, 3.05) is 0 Å². The summed E-state index contributed by atoms with van der Waals surface area (Å²) in [6.07, 6.45) is 6.24. The van der Waals surface area contributed by atoms with E-state index >= 15 is 0 Å². The van der Waals surface area contributed by atoms with Gasteiger partial charge in [0, 0.05) is 23.1 Å². The normalized spacial score (nSPS) is 21.2. The average Bonchev–Trinajstić information content (AvgIpc) is 2.53. The SMILES string of the molecule is C=CC(CCC(=O)c1ccccc1)ON1C(C)(C)CCCC1(C)C. The van der Waals surface area contributed by atoms with E-state index in [0.29, 0.717) is 12.8 Å². The van der Waals surface area contributed by atoms with E-state index in [1.165, 1.54) is 6.42 Å². The summed E-state index contributed by atoms with van der Waals surface area (Å²) in [5.74, 6) is 0.156. The van der Waals surface area contributed by atoms with Gasteiger partial charge in [0.05, 0.1) is 6.10 Å². The van der Waals surface area contributed by atoms with Gasteiger partial charge >= 0.3 is 0 Å². The Kier molecular flexibility index (Phi) is 6.00. The number of benzene rings is 1. The first-order valence-electron chi connectivity index (χ1n) is 8.94. The number of rotatable bonds is 7. The van der Waals surface area contributed by atoms with E-state index in [1.807, 2.05) is 36.4 Å². The third kappa shape index (κ3) is 4.55. The predicted molar refractivity (Wildman–Crippen MR) is 98.9 cm³/mol. The van der Waals surface area contributed by atoms with E-state index < -0.39 is 0 Å². The van der Waals surface area contributed by atoms with Crippen LogP contribution in [-0.4, -0.2) is 28.0 Å². The molecule has 0 saturated carbocycles. The van der Waals surface area contributed by atoms with E-state index in [1.54, 1.807) is 0 Å². The molecule has 0 amide bonds. The van der Waals surface area contributed by atoms with Crippen molar-refractivity contribution in [2.45, 2.75) is 77.0 Å². The zero-order chi connectivity index (χ0) is 17.8. The van der Waals surface area contributed by atoms with Gasteiger partial charge in [-0.25, -0.2) is 0 Å². The topological polar surface area (TPSA) is 29.5 Å². The lowest BCUT2D eigenvalue weighted by Gasteiger charge is -2.52. The lowest BCUT2D eigenvalue weighted by atomic mass is 9.82. The van der Waals surface area contributed by atoms with E-state index in [0.717, 1.165) is 18.4 Å². The Bertz CT molecular complexity index is 546. The van der Waals surface area contributed by atoms with Gasteiger partial charge in [-0.3, -0.25) is 9.63 Å². The Morgan fingerprint density at radius 2 is 1.79 bits per heavy atom. The molecule has 1 atom stereocenters. The molecule has 1 unspecified atom stereocenters. The summed E-state index contributed by atoms with van der Waals surface area (Å²) in [4.78, 5) is 18.6. The van der Waals surface area contributed by atoms with Crippen LogP contribution in [0.3, 0.4) is 0 Å². The lowest BCUT2D eigenvalue weighted by Crippen LogP contribution is -2.59. The van der Waals surface area contributed by atoms with Crippen LogP contribution >= 0.6 is 0 Å². The zero-order valence-corrected chi connectivity index (χ0v) is 15.5. The minimum Gasteiger partial charge on any atom is -0.294 e. The number of hydrogen-bond acceptors (Lipinski definition) is 3. The number of carbonyl (C=O) groups is 1. The maximum atomic E-state index is 12.3. The van der Waals surface area contributed by atoms with Gasteiger partial charge in [-0.05, 0) is 53.4 Å². The van der Waals surface area contributed by atoms with Gasteiger partial charge in [0.2, 0.25) is 0 Å². The molecule has 1 fully saturated rings. The van der Waals surface area contributed by atoms with Crippen molar-refractivity contribution in [2.24, 2.45) is 0 Å². The molecular formula is C21H31NO2. The number of piperidine rings is 1. The second-order valence-corrected chi connectivity index (χ2v) is 7.98. The molecule has 3 nitrogen and oxygen atoms in total. The molecule has 24 heavy (non-hydrogen) atoms. The van der Waals surface area contributed by atoms with Gasteiger partial charge in [-0.15, -0.1) is 6.58 Å². The van der Waals surface area contributed by atoms with Crippen LogP contribution in [0.25, 0.3) is 0 Å². The third-order valence-corrected chi connectivity index (χ3v) is 4.93. The lowest BCUT2D eigenvalue weighted by molar-refractivity contribution is -0.296. The molecule has 2 rings (SSSR count). The smallest absolute Gasteiger partial charge is 0.162 e. The van der Waals surface area contributed by atoms with Gasteiger partial charge in [-0.1, -0.05) is 36.4 Å². The predicted octanol–water partition coefficient (Wildman–Crippen LogP) is 5.18. The first-order chi connectivity index (χ1) is 11.3. The van der Waals surface area contributed by atoms with E-state index in [-0.39, 0.29) is 23.0 Å². The molecule has 1 saturated heterocycles. The fourth-order valence-corrected chi connectivity index (χ4v) is 3.65. The summed E-state index contributed by atoms with van der Waals surface area (Å²) >= 11 is 0. The molecular weight excluding hydrogens is 298 g/mol.